The Bertz CT molecular complexity index is 429. The molecule has 3 heteroatoms. The van der Waals surface area contributed by atoms with E-state index in [4.69, 9.17) is 0 Å². The van der Waals surface area contributed by atoms with Crippen LogP contribution in [0.2, 0.25) is 0 Å². The number of carbonyl (C=O) groups is 1. The highest BCUT2D eigenvalue weighted by molar-refractivity contribution is 5.97. The van der Waals surface area contributed by atoms with Gasteiger partial charge in [-0.3, -0.25) is 9.69 Å². The maximum absolute atomic E-state index is 12.3. The summed E-state index contributed by atoms with van der Waals surface area (Å²) in [5.74, 6) is 0.929. The first kappa shape index (κ1) is 14.2. The zero-order valence-electron chi connectivity index (χ0n) is 12.0. The zero-order valence-corrected chi connectivity index (χ0v) is 12.0. The number of nitrogens with zero attached hydrogens (tertiary/aromatic N) is 1. The Balaban J connectivity index is 1.91. The van der Waals surface area contributed by atoms with Gasteiger partial charge in [0.2, 0.25) is 0 Å². The van der Waals surface area contributed by atoms with Gasteiger partial charge in [0, 0.05) is 12.1 Å². The molecule has 1 fully saturated rings. The topological polar surface area (TPSA) is 32.3 Å². The van der Waals surface area contributed by atoms with Gasteiger partial charge in [-0.05, 0) is 51.9 Å². The molecule has 1 aromatic rings. The SMILES string of the molecule is CNCC1CCCN(CC(=O)c2cccc(C)c2)C1. The maximum atomic E-state index is 12.3. The van der Waals surface area contributed by atoms with Crippen molar-refractivity contribution < 1.29 is 4.79 Å². The van der Waals surface area contributed by atoms with Crippen LogP contribution in [0, 0.1) is 12.8 Å². The first-order chi connectivity index (χ1) is 9.19. The summed E-state index contributed by atoms with van der Waals surface area (Å²) >= 11 is 0. The van der Waals surface area contributed by atoms with Crippen molar-refractivity contribution in [2.75, 3.05) is 33.2 Å². The first-order valence-electron chi connectivity index (χ1n) is 7.16. The number of likely N-dealkylation sites (tertiary alicyclic amines) is 1. The molecular formula is C16H24N2O. The lowest BCUT2D eigenvalue weighted by molar-refractivity contribution is 0.0886. The molecule has 3 nitrogen and oxygen atoms in total. The quantitative estimate of drug-likeness (QED) is 0.823. The Hall–Kier alpha value is -1.19. The van der Waals surface area contributed by atoms with Crippen molar-refractivity contribution in [3.63, 3.8) is 0 Å². The smallest absolute Gasteiger partial charge is 0.176 e. The zero-order chi connectivity index (χ0) is 13.7. The summed E-state index contributed by atoms with van der Waals surface area (Å²) in [7, 11) is 2.00. The molecule has 1 saturated heterocycles. The average molecular weight is 260 g/mol. The minimum Gasteiger partial charge on any atom is -0.319 e. The molecule has 104 valence electrons. The van der Waals surface area contributed by atoms with E-state index in [0.29, 0.717) is 12.5 Å². The van der Waals surface area contributed by atoms with Crippen LogP contribution in [-0.2, 0) is 0 Å². The average Bonchev–Trinajstić information content (AvgIpc) is 2.39. The van der Waals surface area contributed by atoms with E-state index in [1.165, 1.54) is 12.8 Å². The highest BCUT2D eigenvalue weighted by Gasteiger charge is 2.21. The van der Waals surface area contributed by atoms with Crippen molar-refractivity contribution in [3.8, 4) is 0 Å². The fourth-order valence-corrected chi connectivity index (χ4v) is 2.86. The van der Waals surface area contributed by atoms with Gasteiger partial charge < -0.3 is 5.32 Å². The lowest BCUT2D eigenvalue weighted by Crippen LogP contribution is -2.41. The number of carbonyl (C=O) groups excluding carboxylic acids is 1. The van der Waals surface area contributed by atoms with Crippen molar-refractivity contribution in [1.82, 2.24) is 10.2 Å². The van der Waals surface area contributed by atoms with Gasteiger partial charge in [0.25, 0.3) is 0 Å². The molecule has 1 aliphatic rings. The highest BCUT2D eigenvalue weighted by Crippen LogP contribution is 2.16. The summed E-state index contributed by atoms with van der Waals surface area (Å²) in [5, 5.41) is 3.24. The molecule has 1 unspecified atom stereocenters. The van der Waals surface area contributed by atoms with Crippen molar-refractivity contribution >= 4 is 5.78 Å². The summed E-state index contributed by atoms with van der Waals surface area (Å²) < 4.78 is 0. The van der Waals surface area contributed by atoms with E-state index >= 15 is 0 Å². The van der Waals surface area contributed by atoms with Crippen molar-refractivity contribution in [1.29, 1.82) is 0 Å². The minimum absolute atomic E-state index is 0.244. The predicted octanol–water partition coefficient (Wildman–Crippen LogP) is 2.11. The van der Waals surface area contributed by atoms with Crippen LogP contribution in [0.4, 0.5) is 0 Å². The minimum atomic E-state index is 0.244. The van der Waals surface area contributed by atoms with Crippen molar-refractivity contribution in [3.05, 3.63) is 35.4 Å². The largest absolute Gasteiger partial charge is 0.319 e. The molecule has 0 bridgehead atoms. The van der Waals surface area contributed by atoms with Gasteiger partial charge in [-0.15, -0.1) is 0 Å². The number of Topliss-reactive ketones (excluding diaryl/α,β-unsaturated/α-hetero) is 1. The monoisotopic (exact) mass is 260 g/mol. The number of ketones is 1. The van der Waals surface area contributed by atoms with Crippen LogP contribution < -0.4 is 5.32 Å². The molecule has 0 aromatic heterocycles. The normalized spacial score (nSPS) is 20.4. The molecule has 1 aromatic carbocycles. The number of piperidine rings is 1. The first-order valence-corrected chi connectivity index (χ1v) is 7.16. The van der Waals surface area contributed by atoms with Gasteiger partial charge in [0.15, 0.2) is 5.78 Å². The van der Waals surface area contributed by atoms with Gasteiger partial charge in [-0.2, -0.15) is 0 Å². The Morgan fingerprint density at radius 1 is 1.47 bits per heavy atom. The fourth-order valence-electron chi connectivity index (χ4n) is 2.86. The summed E-state index contributed by atoms with van der Waals surface area (Å²) in [6.45, 7) is 5.73. The Kier molecular flexibility index (Phi) is 5.11. The summed E-state index contributed by atoms with van der Waals surface area (Å²) in [6, 6.07) is 7.89. The van der Waals surface area contributed by atoms with E-state index < -0.39 is 0 Å². The van der Waals surface area contributed by atoms with Gasteiger partial charge in [-0.25, -0.2) is 0 Å². The van der Waals surface area contributed by atoms with Crippen LogP contribution in [0.15, 0.2) is 24.3 Å². The van der Waals surface area contributed by atoms with Crippen molar-refractivity contribution in [2.24, 2.45) is 5.92 Å². The van der Waals surface area contributed by atoms with Gasteiger partial charge in [0.05, 0.1) is 6.54 Å². The number of aryl methyl sites for hydroxylation is 1. The molecule has 1 atom stereocenters. The highest BCUT2D eigenvalue weighted by atomic mass is 16.1. The van der Waals surface area contributed by atoms with Crippen LogP contribution in [0.25, 0.3) is 0 Å². The second-order valence-corrected chi connectivity index (χ2v) is 5.59. The molecule has 1 heterocycles. The summed E-state index contributed by atoms with van der Waals surface area (Å²) in [4.78, 5) is 14.6. The molecule has 2 rings (SSSR count). The number of rotatable bonds is 5. The third kappa shape index (κ3) is 4.15. The molecule has 0 saturated carbocycles. The Labute approximate surface area is 116 Å². The molecule has 0 spiro atoms. The van der Waals surface area contributed by atoms with E-state index in [1.807, 2.05) is 38.2 Å². The third-order valence-corrected chi connectivity index (χ3v) is 3.80. The summed E-state index contributed by atoms with van der Waals surface area (Å²) in [6.07, 6.45) is 2.48. The van der Waals surface area contributed by atoms with Crippen molar-refractivity contribution in [2.45, 2.75) is 19.8 Å². The molecule has 0 aliphatic carbocycles. The van der Waals surface area contributed by atoms with Crippen LogP contribution in [0.3, 0.4) is 0 Å². The third-order valence-electron chi connectivity index (χ3n) is 3.80. The number of hydrogen-bond donors (Lipinski definition) is 1. The van der Waals surface area contributed by atoms with Gasteiger partial charge in [-0.1, -0.05) is 23.8 Å². The maximum Gasteiger partial charge on any atom is 0.176 e. The van der Waals surface area contributed by atoms with E-state index in [9.17, 15) is 4.79 Å². The molecule has 0 amide bonds. The summed E-state index contributed by atoms with van der Waals surface area (Å²) in [5.41, 5.74) is 1.99. The molecule has 1 aliphatic heterocycles. The van der Waals surface area contributed by atoms with E-state index in [0.717, 1.165) is 30.8 Å². The molecule has 1 N–H and O–H groups in total. The predicted molar refractivity (Wildman–Crippen MR) is 78.6 cm³/mol. The van der Waals surface area contributed by atoms with Gasteiger partial charge in [0.1, 0.15) is 0 Å². The Morgan fingerprint density at radius 2 is 2.32 bits per heavy atom. The molecular weight excluding hydrogens is 236 g/mol. The van der Waals surface area contributed by atoms with E-state index in [1.54, 1.807) is 0 Å². The second kappa shape index (κ2) is 6.83. The lowest BCUT2D eigenvalue weighted by atomic mass is 9.97. The van der Waals surface area contributed by atoms with Crippen LogP contribution in [-0.4, -0.2) is 43.9 Å². The number of hydrogen-bond acceptors (Lipinski definition) is 3. The van der Waals surface area contributed by atoms with E-state index in [-0.39, 0.29) is 5.78 Å². The number of nitrogens with one attached hydrogen (secondary N) is 1. The molecule has 19 heavy (non-hydrogen) atoms. The van der Waals surface area contributed by atoms with Crippen LogP contribution in [0.1, 0.15) is 28.8 Å². The van der Waals surface area contributed by atoms with Crippen LogP contribution in [0.5, 0.6) is 0 Å². The van der Waals surface area contributed by atoms with E-state index in [2.05, 4.69) is 10.2 Å². The Morgan fingerprint density at radius 3 is 3.05 bits per heavy atom. The van der Waals surface area contributed by atoms with Crippen LogP contribution >= 0.6 is 0 Å². The fraction of sp³-hybridized carbons (Fsp3) is 0.562. The number of benzene rings is 1. The molecule has 0 radical (unpaired) electrons. The second-order valence-electron chi connectivity index (χ2n) is 5.59. The van der Waals surface area contributed by atoms with Gasteiger partial charge >= 0.3 is 0 Å². The standard InChI is InChI=1S/C16H24N2O/c1-13-5-3-7-15(9-13)16(19)12-18-8-4-6-14(11-18)10-17-2/h3,5,7,9,14,17H,4,6,8,10-12H2,1-2H3. The lowest BCUT2D eigenvalue weighted by Gasteiger charge is -2.32.